The molecule has 3 heterocycles. The number of carbonyl (C=O) groups excluding carboxylic acids is 1. The van der Waals surface area contributed by atoms with Crippen LogP contribution in [-0.4, -0.2) is 39.0 Å². The Morgan fingerprint density at radius 1 is 1.00 bits per heavy atom. The summed E-state index contributed by atoms with van der Waals surface area (Å²) in [5.41, 5.74) is 2.58. The molecule has 0 radical (unpaired) electrons. The molecular formula is C21H22Cl2N6O. The number of halogens is 2. The summed E-state index contributed by atoms with van der Waals surface area (Å²) in [6, 6.07) is 10.9. The minimum atomic E-state index is -0.0686. The van der Waals surface area contributed by atoms with Crippen molar-refractivity contribution in [1.82, 2.24) is 20.0 Å². The van der Waals surface area contributed by atoms with Crippen molar-refractivity contribution in [2.24, 2.45) is 5.92 Å². The number of amides is 1. The molecule has 1 saturated heterocycles. The van der Waals surface area contributed by atoms with Gasteiger partial charge in [-0.05, 0) is 63.1 Å². The summed E-state index contributed by atoms with van der Waals surface area (Å²) >= 11 is 12.0. The third kappa shape index (κ3) is 4.57. The predicted molar refractivity (Wildman–Crippen MR) is 119 cm³/mol. The molecule has 0 aliphatic carbocycles. The number of aryl methyl sites for hydroxylation is 2. The molecule has 156 valence electrons. The Bertz CT molecular complexity index is 1040. The lowest BCUT2D eigenvalue weighted by Crippen LogP contribution is -2.38. The lowest BCUT2D eigenvalue weighted by molar-refractivity contribution is -0.120. The molecule has 1 aromatic carbocycles. The standard InChI is InChI=1S/C21H22Cl2N6O/c1-13-9-14(2)29(27-13)20-4-3-19(25-26-20)28-7-5-15(6-8-28)21(30)24-18-11-16(22)10-17(23)12-18/h3-4,9-12,15H,5-8H2,1-2H3,(H,24,30). The minimum Gasteiger partial charge on any atom is -0.355 e. The fourth-order valence-corrected chi connectivity index (χ4v) is 4.23. The van der Waals surface area contributed by atoms with Gasteiger partial charge in [0.05, 0.1) is 5.69 Å². The van der Waals surface area contributed by atoms with E-state index in [9.17, 15) is 4.79 Å². The Hall–Kier alpha value is -2.64. The summed E-state index contributed by atoms with van der Waals surface area (Å²) in [5, 5.41) is 17.0. The molecule has 3 aromatic rings. The van der Waals surface area contributed by atoms with Crippen LogP contribution in [0.4, 0.5) is 11.5 Å². The first-order chi connectivity index (χ1) is 14.4. The van der Waals surface area contributed by atoms with E-state index in [1.54, 1.807) is 22.9 Å². The highest BCUT2D eigenvalue weighted by Crippen LogP contribution is 2.26. The van der Waals surface area contributed by atoms with Crippen molar-refractivity contribution in [3.8, 4) is 5.82 Å². The van der Waals surface area contributed by atoms with E-state index in [2.05, 4.69) is 25.5 Å². The molecular weight excluding hydrogens is 423 g/mol. The number of aromatic nitrogens is 4. The van der Waals surface area contributed by atoms with Gasteiger partial charge in [-0.2, -0.15) is 5.10 Å². The summed E-state index contributed by atoms with van der Waals surface area (Å²) < 4.78 is 1.78. The molecule has 0 atom stereocenters. The van der Waals surface area contributed by atoms with Crippen LogP contribution in [0.3, 0.4) is 0 Å². The molecule has 30 heavy (non-hydrogen) atoms. The average molecular weight is 445 g/mol. The third-order valence-electron chi connectivity index (χ3n) is 5.18. The van der Waals surface area contributed by atoms with Crippen molar-refractivity contribution in [3.63, 3.8) is 0 Å². The van der Waals surface area contributed by atoms with Crippen molar-refractivity contribution in [3.05, 3.63) is 57.8 Å². The molecule has 0 saturated carbocycles. The first-order valence-corrected chi connectivity index (χ1v) is 10.5. The number of hydrogen-bond acceptors (Lipinski definition) is 5. The fourth-order valence-electron chi connectivity index (χ4n) is 3.70. The van der Waals surface area contributed by atoms with E-state index in [0.717, 1.165) is 43.1 Å². The Labute approximate surface area is 185 Å². The van der Waals surface area contributed by atoms with Crippen molar-refractivity contribution < 1.29 is 4.79 Å². The van der Waals surface area contributed by atoms with Crippen LogP contribution in [0.5, 0.6) is 0 Å². The van der Waals surface area contributed by atoms with Crippen LogP contribution >= 0.6 is 23.2 Å². The monoisotopic (exact) mass is 444 g/mol. The average Bonchev–Trinajstić information content (AvgIpc) is 3.05. The maximum atomic E-state index is 12.6. The molecule has 4 rings (SSSR count). The van der Waals surface area contributed by atoms with Gasteiger partial charge in [0.2, 0.25) is 5.91 Å². The van der Waals surface area contributed by atoms with Gasteiger partial charge in [0, 0.05) is 40.4 Å². The smallest absolute Gasteiger partial charge is 0.227 e. The first kappa shape index (κ1) is 20.6. The topological polar surface area (TPSA) is 75.9 Å². The third-order valence-corrected chi connectivity index (χ3v) is 5.62. The van der Waals surface area contributed by atoms with Crippen LogP contribution in [0.25, 0.3) is 5.82 Å². The van der Waals surface area contributed by atoms with Gasteiger partial charge in [-0.15, -0.1) is 10.2 Å². The molecule has 1 fully saturated rings. The number of rotatable bonds is 4. The van der Waals surface area contributed by atoms with Gasteiger partial charge in [-0.25, -0.2) is 4.68 Å². The van der Waals surface area contributed by atoms with Crippen LogP contribution in [-0.2, 0) is 4.79 Å². The SMILES string of the molecule is Cc1cc(C)n(-c2ccc(N3CCC(C(=O)Nc4cc(Cl)cc(Cl)c4)CC3)nn2)n1. The molecule has 7 nitrogen and oxygen atoms in total. The van der Waals surface area contributed by atoms with Crippen LogP contribution in [0.1, 0.15) is 24.2 Å². The number of nitrogens with one attached hydrogen (secondary N) is 1. The lowest BCUT2D eigenvalue weighted by Gasteiger charge is -2.31. The van der Waals surface area contributed by atoms with E-state index in [1.807, 2.05) is 32.0 Å². The Morgan fingerprint density at radius 3 is 2.20 bits per heavy atom. The van der Waals surface area contributed by atoms with Gasteiger partial charge < -0.3 is 10.2 Å². The summed E-state index contributed by atoms with van der Waals surface area (Å²) in [6.07, 6.45) is 1.47. The van der Waals surface area contributed by atoms with Gasteiger partial charge in [0.25, 0.3) is 0 Å². The second-order valence-corrected chi connectivity index (χ2v) is 8.37. The van der Waals surface area contributed by atoms with Gasteiger partial charge >= 0.3 is 0 Å². The number of carbonyl (C=O) groups is 1. The molecule has 0 spiro atoms. The van der Waals surface area contributed by atoms with E-state index < -0.39 is 0 Å². The zero-order valence-corrected chi connectivity index (χ0v) is 18.3. The highest BCUT2D eigenvalue weighted by atomic mass is 35.5. The van der Waals surface area contributed by atoms with Gasteiger partial charge in [0.1, 0.15) is 0 Å². The highest BCUT2D eigenvalue weighted by molar-refractivity contribution is 6.35. The van der Waals surface area contributed by atoms with Crippen molar-refractivity contribution >= 4 is 40.6 Å². The van der Waals surface area contributed by atoms with E-state index >= 15 is 0 Å². The van der Waals surface area contributed by atoms with E-state index in [1.165, 1.54) is 0 Å². The minimum absolute atomic E-state index is 0.0149. The fraction of sp³-hybridized carbons (Fsp3) is 0.333. The van der Waals surface area contributed by atoms with E-state index in [-0.39, 0.29) is 11.8 Å². The number of piperidine rings is 1. The molecule has 1 aliphatic rings. The van der Waals surface area contributed by atoms with Gasteiger partial charge in [-0.3, -0.25) is 4.79 Å². The van der Waals surface area contributed by atoms with Gasteiger partial charge in [-0.1, -0.05) is 23.2 Å². The largest absolute Gasteiger partial charge is 0.355 e. The molecule has 9 heteroatoms. The number of anilines is 2. The highest BCUT2D eigenvalue weighted by Gasteiger charge is 2.26. The Morgan fingerprint density at radius 2 is 1.63 bits per heavy atom. The van der Waals surface area contributed by atoms with Crippen LogP contribution in [0.15, 0.2) is 36.4 Å². The van der Waals surface area contributed by atoms with Crippen molar-refractivity contribution in [2.75, 3.05) is 23.3 Å². The molecule has 1 aliphatic heterocycles. The first-order valence-electron chi connectivity index (χ1n) is 9.78. The van der Waals surface area contributed by atoms with Gasteiger partial charge in [0.15, 0.2) is 11.6 Å². The number of nitrogens with zero attached hydrogens (tertiary/aromatic N) is 5. The van der Waals surface area contributed by atoms with Crippen LogP contribution in [0, 0.1) is 19.8 Å². The van der Waals surface area contributed by atoms with Crippen LogP contribution < -0.4 is 10.2 Å². The van der Waals surface area contributed by atoms with E-state index in [0.29, 0.717) is 21.6 Å². The zero-order chi connectivity index (χ0) is 21.3. The summed E-state index contributed by atoms with van der Waals surface area (Å²) in [7, 11) is 0. The summed E-state index contributed by atoms with van der Waals surface area (Å²) in [4.78, 5) is 14.8. The molecule has 1 amide bonds. The molecule has 0 unspecified atom stereocenters. The normalized spacial score (nSPS) is 14.7. The predicted octanol–water partition coefficient (Wildman–Crippen LogP) is 4.44. The Balaban J connectivity index is 1.36. The number of benzene rings is 1. The zero-order valence-electron chi connectivity index (χ0n) is 16.8. The second kappa shape index (κ2) is 8.62. The molecule has 1 N–H and O–H groups in total. The maximum absolute atomic E-state index is 12.6. The Kier molecular flexibility index (Phi) is 5.92. The summed E-state index contributed by atoms with van der Waals surface area (Å²) in [5.74, 6) is 1.42. The van der Waals surface area contributed by atoms with Crippen LogP contribution in [0.2, 0.25) is 10.0 Å². The quantitative estimate of drug-likeness (QED) is 0.643. The van der Waals surface area contributed by atoms with E-state index in [4.69, 9.17) is 23.2 Å². The van der Waals surface area contributed by atoms with Crippen molar-refractivity contribution in [1.29, 1.82) is 0 Å². The van der Waals surface area contributed by atoms with Crippen molar-refractivity contribution in [2.45, 2.75) is 26.7 Å². The number of hydrogen-bond donors (Lipinski definition) is 1. The molecule has 0 bridgehead atoms. The lowest BCUT2D eigenvalue weighted by atomic mass is 9.96. The summed E-state index contributed by atoms with van der Waals surface area (Å²) in [6.45, 7) is 5.42. The molecule has 2 aromatic heterocycles. The maximum Gasteiger partial charge on any atom is 0.227 e. The second-order valence-electron chi connectivity index (χ2n) is 7.50.